The van der Waals surface area contributed by atoms with Gasteiger partial charge in [0.15, 0.2) is 0 Å². The van der Waals surface area contributed by atoms with Crippen LogP contribution in [0, 0.1) is 0 Å². The van der Waals surface area contributed by atoms with E-state index in [1.807, 2.05) is 23.6 Å². The number of ether oxygens (including phenoxy) is 1. The van der Waals surface area contributed by atoms with E-state index in [1.54, 1.807) is 18.7 Å². The van der Waals surface area contributed by atoms with Gasteiger partial charge in [0.25, 0.3) is 0 Å². The third-order valence-electron chi connectivity index (χ3n) is 2.35. The van der Waals surface area contributed by atoms with Crippen LogP contribution in [-0.4, -0.2) is 17.6 Å². The van der Waals surface area contributed by atoms with Crippen LogP contribution < -0.4 is 5.73 Å². The summed E-state index contributed by atoms with van der Waals surface area (Å²) in [4.78, 5) is 16.8. The average Bonchev–Trinajstić information content (AvgIpc) is 2.87. The second-order valence-corrected chi connectivity index (χ2v) is 6.63. The van der Waals surface area contributed by atoms with Gasteiger partial charge in [-0.25, -0.2) is 9.78 Å². The zero-order valence-electron chi connectivity index (χ0n) is 10.8. The molecule has 106 valence electrons. The molecule has 0 saturated carbocycles. The van der Waals surface area contributed by atoms with E-state index < -0.39 is 0 Å². The molecule has 20 heavy (non-hydrogen) atoms. The highest BCUT2D eigenvalue weighted by atomic mass is 79.9. The topological polar surface area (TPSA) is 65.2 Å². The average molecular weight is 373 g/mol. The summed E-state index contributed by atoms with van der Waals surface area (Å²) in [5, 5.41) is 2.26. The van der Waals surface area contributed by atoms with Crippen molar-refractivity contribution in [3.8, 4) is 0 Å². The van der Waals surface area contributed by atoms with Crippen LogP contribution in [0.3, 0.4) is 0 Å². The predicted molar refractivity (Wildman–Crippen MR) is 86.2 cm³/mol. The fourth-order valence-corrected chi connectivity index (χ4v) is 3.50. The number of aromatic nitrogens is 1. The minimum atomic E-state index is -0.364. The number of esters is 1. The molecule has 4 nitrogen and oxygen atoms in total. The molecule has 0 radical (unpaired) electrons. The van der Waals surface area contributed by atoms with Gasteiger partial charge in [-0.2, -0.15) is 0 Å². The van der Waals surface area contributed by atoms with Gasteiger partial charge in [0, 0.05) is 26.2 Å². The van der Waals surface area contributed by atoms with Crippen LogP contribution in [0.25, 0.3) is 0 Å². The normalized spacial score (nSPS) is 10.5. The smallest absolute Gasteiger partial charge is 0.367 e. The van der Waals surface area contributed by atoms with Crippen LogP contribution in [0.5, 0.6) is 0 Å². The van der Waals surface area contributed by atoms with Crippen molar-refractivity contribution in [2.45, 2.75) is 17.6 Å². The first-order chi connectivity index (χ1) is 9.60. The standard InChI is InChI=1S/C13H13BrN2O2S2/c1-2-18-13(17)12-16-9(7-20-12)6-19-11-4-3-8(14)5-10(11)15/h3-5,7H,2,6,15H2,1H3. The number of benzene rings is 1. The number of rotatable bonds is 5. The SMILES string of the molecule is CCOC(=O)c1nc(CSc2ccc(Br)cc2N)cs1. The first kappa shape index (κ1) is 15.3. The van der Waals surface area contributed by atoms with Crippen molar-refractivity contribution in [2.75, 3.05) is 12.3 Å². The van der Waals surface area contributed by atoms with Crippen molar-refractivity contribution >= 4 is 50.7 Å². The highest BCUT2D eigenvalue weighted by Crippen LogP contribution is 2.30. The number of nitrogens with two attached hydrogens (primary N) is 1. The number of halogens is 1. The van der Waals surface area contributed by atoms with E-state index >= 15 is 0 Å². The maximum atomic E-state index is 11.5. The molecule has 0 spiro atoms. The molecule has 0 bridgehead atoms. The lowest BCUT2D eigenvalue weighted by Crippen LogP contribution is -2.03. The number of nitrogen functional groups attached to an aromatic ring is 1. The summed E-state index contributed by atoms with van der Waals surface area (Å²) < 4.78 is 5.87. The van der Waals surface area contributed by atoms with Gasteiger partial charge in [-0.3, -0.25) is 0 Å². The van der Waals surface area contributed by atoms with Gasteiger partial charge in [0.05, 0.1) is 12.3 Å². The largest absolute Gasteiger partial charge is 0.461 e. The number of thioether (sulfide) groups is 1. The van der Waals surface area contributed by atoms with Gasteiger partial charge in [0.2, 0.25) is 5.01 Å². The van der Waals surface area contributed by atoms with Crippen molar-refractivity contribution in [1.82, 2.24) is 4.98 Å². The molecule has 1 heterocycles. The van der Waals surface area contributed by atoms with Gasteiger partial charge in [-0.15, -0.1) is 23.1 Å². The quantitative estimate of drug-likeness (QED) is 0.488. The molecule has 7 heteroatoms. The van der Waals surface area contributed by atoms with Crippen molar-refractivity contribution in [3.63, 3.8) is 0 Å². The Morgan fingerprint density at radius 2 is 2.35 bits per heavy atom. The molecule has 0 fully saturated rings. The predicted octanol–water partition coefficient (Wildman–Crippen LogP) is 3.96. The van der Waals surface area contributed by atoms with E-state index in [9.17, 15) is 4.79 Å². The van der Waals surface area contributed by atoms with Gasteiger partial charge < -0.3 is 10.5 Å². The Bertz CT molecular complexity index is 616. The molecule has 1 aromatic heterocycles. The van der Waals surface area contributed by atoms with E-state index in [4.69, 9.17) is 10.5 Å². The minimum absolute atomic E-state index is 0.359. The number of hydrogen-bond donors (Lipinski definition) is 1. The second-order valence-electron chi connectivity index (χ2n) is 3.84. The summed E-state index contributed by atoms with van der Waals surface area (Å²) in [5.74, 6) is 0.304. The summed E-state index contributed by atoms with van der Waals surface area (Å²) in [5.41, 5.74) is 7.52. The minimum Gasteiger partial charge on any atom is -0.461 e. The number of hydrogen-bond acceptors (Lipinski definition) is 6. The zero-order valence-corrected chi connectivity index (χ0v) is 14.0. The molecule has 2 rings (SSSR count). The maximum Gasteiger partial charge on any atom is 0.367 e. The van der Waals surface area contributed by atoms with Crippen molar-refractivity contribution < 1.29 is 9.53 Å². The van der Waals surface area contributed by atoms with Crippen LogP contribution in [0.15, 0.2) is 32.9 Å². The Balaban J connectivity index is 1.99. The first-order valence-corrected chi connectivity index (χ1v) is 8.55. The van der Waals surface area contributed by atoms with Crippen LogP contribution in [-0.2, 0) is 10.5 Å². The molecule has 2 N–H and O–H groups in total. The van der Waals surface area contributed by atoms with E-state index in [0.717, 1.165) is 20.7 Å². The Morgan fingerprint density at radius 3 is 3.05 bits per heavy atom. The lowest BCUT2D eigenvalue weighted by molar-refractivity contribution is 0.0525. The lowest BCUT2D eigenvalue weighted by atomic mass is 10.3. The highest BCUT2D eigenvalue weighted by molar-refractivity contribution is 9.10. The Hall–Kier alpha value is -1.05. The van der Waals surface area contributed by atoms with Crippen LogP contribution in [0.4, 0.5) is 5.69 Å². The summed E-state index contributed by atoms with van der Waals surface area (Å²) >= 11 is 6.27. The summed E-state index contributed by atoms with van der Waals surface area (Å²) in [6.45, 7) is 2.14. The Morgan fingerprint density at radius 1 is 1.55 bits per heavy atom. The molecule has 0 aliphatic carbocycles. The molecular weight excluding hydrogens is 360 g/mol. The number of carbonyl (C=O) groups is 1. The number of carbonyl (C=O) groups excluding carboxylic acids is 1. The fraction of sp³-hybridized carbons (Fsp3) is 0.231. The summed E-state index contributed by atoms with van der Waals surface area (Å²) in [6, 6.07) is 5.78. The van der Waals surface area contributed by atoms with Crippen LogP contribution in [0.2, 0.25) is 0 Å². The van der Waals surface area contributed by atoms with Gasteiger partial charge in [-0.05, 0) is 25.1 Å². The van der Waals surface area contributed by atoms with Gasteiger partial charge >= 0.3 is 5.97 Å². The number of anilines is 1. The van der Waals surface area contributed by atoms with E-state index in [-0.39, 0.29) is 5.97 Å². The third-order valence-corrected chi connectivity index (χ3v) is 4.84. The van der Waals surface area contributed by atoms with Gasteiger partial charge in [0.1, 0.15) is 0 Å². The van der Waals surface area contributed by atoms with E-state index in [2.05, 4.69) is 20.9 Å². The molecule has 0 aliphatic rings. The highest BCUT2D eigenvalue weighted by Gasteiger charge is 2.12. The molecule has 0 aliphatic heterocycles. The third kappa shape index (κ3) is 3.97. The van der Waals surface area contributed by atoms with E-state index in [0.29, 0.717) is 17.4 Å². The molecule has 1 aromatic carbocycles. The van der Waals surface area contributed by atoms with Crippen molar-refractivity contribution in [3.05, 3.63) is 38.8 Å². The lowest BCUT2D eigenvalue weighted by Gasteiger charge is -2.04. The molecular formula is C13H13BrN2O2S2. The van der Waals surface area contributed by atoms with E-state index in [1.165, 1.54) is 11.3 Å². The summed E-state index contributed by atoms with van der Waals surface area (Å²) in [6.07, 6.45) is 0. The van der Waals surface area contributed by atoms with Gasteiger partial charge in [-0.1, -0.05) is 15.9 Å². The monoisotopic (exact) mass is 372 g/mol. The Labute approximate surface area is 133 Å². The zero-order chi connectivity index (χ0) is 14.5. The molecule has 0 atom stereocenters. The van der Waals surface area contributed by atoms with Crippen molar-refractivity contribution in [2.24, 2.45) is 0 Å². The first-order valence-electron chi connectivity index (χ1n) is 5.89. The van der Waals surface area contributed by atoms with Crippen LogP contribution >= 0.6 is 39.0 Å². The molecule has 0 saturated heterocycles. The fourth-order valence-electron chi connectivity index (χ4n) is 1.46. The maximum absolute atomic E-state index is 11.5. The second kappa shape index (κ2) is 7.10. The number of nitrogens with zero attached hydrogens (tertiary/aromatic N) is 1. The summed E-state index contributed by atoms with van der Waals surface area (Å²) in [7, 11) is 0. The van der Waals surface area contributed by atoms with Crippen molar-refractivity contribution in [1.29, 1.82) is 0 Å². The molecule has 0 amide bonds. The number of thiazole rings is 1. The van der Waals surface area contributed by atoms with Crippen LogP contribution in [0.1, 0.15) is 22.4 Å². The Kier molecular flexibility index (Phi) is 5.45. The molecule has 0 unspecified atom stereocenters. The molecule has 2 aromatic rings.